The average Bonchev–Trinajstić information content (AvgIpc) is 2.64. The van der Waals surface area contributed by atoms with Gasteiger partial charge >= 0.3 is 0 Å². The van der Waals surface area contributed by atoms with Gasteiger partial charge in [0.05, 0.1) is 0 Å². The monoisotopic (exact) mass is 250 g/mol. The van der Waals surface area contributed by atoms with Crippen molar-refractivity contribution in [1.29, 1.82) is 0 Å². The van der Waals surface area contributed by atoms with Gasteiger partial charge in [0.25, 0.3) is 0 Å². The predicted molar refractivity (Wildman–Crippen MR) is 71.2 cm³/mol. The molecule has 2 heterocycles. The molecule has 2 aliphatic rings. The summed E-state index contributed by atoms with van der Waals surface area (Å²) in [6.45, 7) is 8.38. The maximum absolute atomic E-state index is 3.49. The third-order valence-electron chi connectivity index (χ3n) is 3.50. The second-order valence-corrected chi connectivity index (χ2v) is 5.93. The van der Waals surface area contributed by atoms with Crippen LogP contribution in [-0.4, -0.2) is 48.1 Å². The van der Waals surface area contributed by atoms with Gasteiger partial charge in [-0.2, -0.15) is 11.8 Å². The molecule has 0 bridgehead atoms. The summed E-state index contributed by atoms with van der Waals surface area (Å²) >= 11 is 2.13. The summed E-state index contributed by atoms with van der Waals surface area (Å²) in [6, 6.07) is 1.45. The first-order valence-electron chi connectivity index (χ1n) is 5.81. The fraction of sp³-hybridized carbons (Fsp3) is 1.00. The van der Waals surface area contributed by atoms with Gasteiger partial charge in [0.1, 0.15) is 0 Å². The van der Waals surface area contributed by atoms with Crippen molar-refractivity contribution in [3.8, 4) is 0 Å². The van der Waals surface area contributed by atoms with Crippen LogP contribution in [0.25, 0.3) is 0 Å². The lowest BCUT2D eigenvalue weighted by Crippen LogP contribution is -2.56. The number of hydrogen-bond acceptors (Lipinski definition) is 3. The summed E-state index contributed by atoms with van der Waals surface area (Å²) in [5.41, 5.74) is 0. The van der Waals surface area contributed by atoms with Crippen LogP contribution in [0.2, 0.25) is 0 Å². The molecule has 2 fully saturated rings. The minimum atomic E-state index is 0. The van der Waals surface area contributed by atoms with Crippen LogP contribution < -0.4 is 5.32 Å². The molecule has 0 aromatic rings. The number of piperazine rings is 1. The van der Waals surface area contributed by atoms with Gasteiger partial charge in [0, 0.05) is 31.7 Å². The standard InChI is InChI=1S/C11H22N2S.ClH/c1-9-5-12-6-10(2)13(9)7-11-3-4-14-8-11;/h9-12H,3-8H2,1-2H3;1H/t9-,10+,11?;. The van der Waals surface area contributed by atoms with Gasteiger partial charge in [0.15, 0.2) is 0 Å². The van der Waals surface area contributed by atoms with E-state index < -0.39 is 0 Å². The SMILES string of the molecule is C[C@@H]1CNC[C@H](C)N1CC1CCSC1.Cl. The Kier molecular flexibility index (Phi) is 5.75. The fourth-order valence-corrected chi connectivity index (χ4v) is 3.83. The Labute approximate surface area is 104 Å². The van der Waals surface area contributed by atoms with E-state index in [0.29, 0.717) is 0 Å². The zero-order chi connectivity index (χ0) is 9.97. The zero-order valence-electron chi connectivity index (χ0n) is 9.74. The largest absolute Gasteiger partial charge is 0.314 e. The van der Waals surface area contributed by atoms with Crippen LogP contribution in [-0.2, 0) is 0 Å². The van der Waals surface area contributed by atoms with Crippen LogP contribution in [0, 0.1) is 5.92 Å². The van der Waals surface area contributed by atoms with E-state index >= 15 is 0 Å². The Balaban J connectivity index is 0.00000112. The summed E-state index contributed by atoms with van der Waals surface area (Å²) < 4.78 is 0. The molecular formula is C11H23ClN2S. The molecular weight excluding hydrogens is 228 g/mol. The van der Waals surface area contributed by atoms with Crippen LogP contribution in [0.5, 0.6) is 0 Å². The highest BCUT2D eigenvalue weighted by Crippen LogP contribution is 2.25. The number of nitrogens with one attached hydrogen (secondary N) is 1. The van der Waals surface area contributed by atoms with Crippen molar-refractivity contribution in [2.45, 2.75) is 32.4 Å². The molecule has 1 unspecified atom stereocenters. The van der Waals surface area contributed by atoms with Crippen molar-refractivity contribution in [1.82, 2.24) is 10.2 Å². The second kappa shape index (κ2) is 6.33. The summed E-state index contributed by atoms with van der Waals surface area (Å²) in [6.07, 6.45) is 1.44. The maximum Gasteiger partial charge on any atom is 0.0195 e. The number of hydrogen-bond donors (Lipinski definition) is 1. The number of halogens is 1. The summed E-state index contributed by atoms with van der Waals surface area (Å²) in [4.78, 5) is 2.70. The minimum absolute atomic E-state index is 0. The van der Waals surface area contributed by atoms with Crippen molar-refractivity contribution in [3.63, 3.8) is 0 Å². The van der Waals surface area contributed by atoms with Crippen LogP contribution in [0.3, 0.4) is 0 Å². The molecule has 0 amide bonds. The lowest BCUT2D eigenvalue weighted by molar-refractivity contribution is 0.100. The molecule has 2 nitrogen and oxygen atoms in total. The number of nitrogens with zero attached hydrogens (tertiary/aromatic N) is 1. The van der Waals surface area contributed by atoms with Crippen LogP contribution in [0.15, 0.2) is 0 Å². The van der Waals surface area contributed by atoms with Crippen molar-refractivity contribution in [2.24, 2.45) is 5.92 Å². The maximum atomic E-state index is 3.49. The number of rotatable bonds is 2. The molecule has 0 radical (unpaired) electrons. The van der Waals surface area contributed by atoms with E-state index in [-0.39, 0.29) is 12.4 Å². The van der Waals surface area contributed by atoms with Gasteiger partial charge in [-0.1, -0.05) is 0 Å². The highest BCUT2D eigenvalue weighted by molar-refractivity contribution is 7.99. The smallest absolute Gasteiger partial charge is 0.0195 e. The van der Waals surface area contributed by atoms with E-state index in [0.717, 1.165) is 18.0 Å². The Morgan fingerprint density at radius 1 is 1.27 bits per heavy atom. The first-order valence-corrected chi connectivity index (χ1v) is 6.97. The van der Waals surface area contributed by atoms with E-state index in [1.54, 1.807) is 0 Å². The first kappa shape index (κ1) is 13.6. The molecule has 0 saturated carbocycles. The minimum Gasteiger partial charge on any atom is -0.314 e. The van der Waals surface area contributed by atoms with E-state index in [2.05, 4.69) is 35.8 Å². The Morgan fingerprint density at radius 3 is 2.47 bits per heavy atom. The summed E-state index contributed by atoms with van der Waals surface area (Å²) in [5, 5.41) is 3.49. The third kappa shape index (κ3) is 3.52. The van der Waals surface area contributed by atoms with E-state index in [1.807, 2.05) is 0 Å². The quantitative estimate of drug-likeness (QED) is 0.805. The molecule has 0 aromatic heterocycles. The van der Waals surface area contributed by atoms with Gasteiger partial charge < -0.3 is 5.32 Å². The highest BCUT2D eigenvalue weighted by atomic mass is 35.5. The zero-order valence-corrected chi connectivity index (χ0v) is 11.4. The molecule has 3 atom stereocenters. The second-order valence-electron chi connectivity index (χ2n) is 4.78. The molecule has 15 heavy (non-hydrogen) atoms. The van der Waals surface area contributed by atoms with Crippen LogP contribution in [0.4, 0.5) is 0 Å². The fourth-order valence-electron chi connectivity index (χ4n) is 2.56. The lowest BCUT2D eigenvalue weighted by atomic mass is 10.0. The van der Waals surface area contributed by atoms with E-state index in [1.165, 1.54) is 37.6 Å². The van der Waals surface area contributed by atoms with Gasteiger partial charge in [-0.05, 0) is 37.7 Å². The topological polar surface area (TPSA) is 15.3 Å². The van der Waals surface area contributed by atoms with Gasteiger partial charge in [-0.25, -0.2) is 0 Å². The number of thioether (sulfide) groups is 1. The Hall–Kier alpha value is 0.560. The van der Waals surface area contributed by atoms with E-state index in [4.69, 9.17) is 0 Å². The van der Waals surface area contributed by atoms with Crippen molar-refractivity contribution in [2.75, 3.05) is 31.1 Å². The van der Waals surface area contributed by atoms with Crippen molar-refractivity contribution in [3.05, 3.63) is 0 Å². The van der Waals surface area contributed by atoms with E-state index in [9.17, 15) is 0 Å². The van der Waals surface area contributed by atoms with Crippen molar-refractivity contribution < 1.29 is 0 Å². The third-order valence-corrected chi connectivity index (χ3v) is 4.74. The van der Waals surface area contributed by atoms with Gasteiger partial charge in [-0.15, -0.1) is 12.4 Å². The molecule has 1 N–H and O–H groups in total. The predicted octanol–water partition coefficient (Wildman–Crippen LogP) is 1.84. The lowest BCUT2D eigenvalue weighted by Gasteiger charge is -2.40. The van der Waals surface area contributed by atoms with Gasteiger partial charge in [-0.3, -0.25) is 4.90 Å². The Morgan fingerprint density at radius 2 is 1.93 bits per heavy atom. The molecule has 90 valence electrons. The highest BCUT2D eigenvalue weighted by Gasteiger charge is 2.27. The Bertz CT molecular complexity index is 175. The molecule has 0 spiro atoms. The molecule has 4 heteroatoms. The van der Waals surface area contributed by atoms with Crippen LogP contribution in [0.1, 0.15) is 20.3 Å². The van der Waals surface area contributed by atoms with Crippen LogP contribution >= 0.6 is 24.2 Å². The summed E-state index contributed by atoms with van der Waals surface area (Å²) in [5.74, 6) is 3.74. The average molecular weight is 251 g/mol. The van der Waals surface area contributed by atoms with Crippen molar-refractivity contribution >= 4 is 24.2 Å². The normalized spacial score (nSPS) is 37.6. The molecule has 0 aromatic carbocycles. The molecule has 2 rings (SSSR count). The summed E-state index contributed by atoms with van der Waals surface area (Å²) in [7, 11) is 0. The molecule has 0 aliphatic carbocycles. The first-order chi connectivity index (χ1) is 6.77. The van der Waals surface area contributed by atoms with Gasteiger partial charge in [0.2, 0.25) is 0 Å². The molecule has 2 saturated heterocycles. The molecule has 2 aliphatic heterocycles.